The van der Waals surface area contributed by atoms with Crippen molar-refractivity contribution < 1.29 is 4.39 Å². The van der Waals surface area contributed by atoms with E-state index >= 15 is 0 Å². The van der Waals surface area contributed by atoms with Gasteiger partial charge in [0.05, 0.1) is 6.07 Å². The standard InChI is InChI=1S/C15H20FN5/c16-13-3-7-20(8-4-13)14(9-17)12-10-18-15(19-11-12)21-5-1-2-6-21/h10-11,13-14H,1-8H2. The van der Waals surface area contributed by atoms with Crippen LogP contribution in [0.4, 0.5) is 10.3 Å². The highest BCUT2D eigenvalue weighted by molar-refractivity contribution is 5.32. The van der Waals surface area contributed by atoms with Crippen molar-refractivity contribution >= 4 is 5.95 Å². The molecule has 3 heterocycles. The van der Waals surface area contributed by atoms with Gasteiger partial charge in [-0.3, -0.25) is 4.90 Å². The van der Waals surface area contributed by atoms with E-state index < -0.39 is 6.17 Å². The Morgan fingerprint density at radius 3 is 2.33 bits per heavy atom. The lowest BCUT2D eigenvalue weighted by Crippen LogP contribution is -2.37. The van der Waals surface area contributed by atoms with Crippen LogP contribution in [0.5, 0.6) is 0 Å². The van der Waals surface area contributed by atoms with Gasteiger partial charge in [-0.05, 0) is 25.7 Å². The van der Waals surface area contributed by atoms with Crippen molar-refractivity contribution in [2.75, 3.05) is 31.1 Å². The highest BCUT2D eigenvalue weighted by Gasteiger charge is 2.26. The topological polar surface area (TPSA) is 56.1 Å². The van der Waals surface area contributed by atoms with Crippen LogP contribution in [0.3, 0.4) is 0 Å². The molecular weight excluding hydrogens is 269 g/mol. The smallest absolute Gasteiger partial charge is 0.225 e. The molecule has 21 heavy (non-hydrogen) atoms. The summed E-state index contributed by atoms with van der Waals surface area (Å²) < 4.78 is 13.2. The second kappa shape index (κ2) is 6.35. The zero-order chi connectivity index (χ0) is 14.7. The fourth-order valence-electron chi connectivity index (χ4n) is 3.05. The molecule has 0 radical (unpaired) electrons. The number of aromatic nitrogens is 2. The molecule has 1 aromatic rings. The third-order valence-corrected chi connectivity index (χ3v) is 4.31. The molecule has 2 saturated heterocycles. The fraction of sp³-hybridized carbons (Fsp3) is 0.667. The van der Waals surface area contributed by atoms with Crippen molar-refractivity contribution in [2.24, 2.45) is 0 Å². The molecule has 112 valence electrons. The Bertz CT molecular complexity index is 498. The number of likely N-dealkylation sites (tertiary alicyclic amines) is 1. The van der Waals surface area contributed by atoms with Gasteiger partial charge in [-0.1, -0.05) is 0 Å². The maximum absolute atomic E-state index is 13.2. The Morgan fingerprint density at radius 2 is 1.76 bits per heavy atom. The summed E-state index contributed by atoms with van der Waals surface area (Å²) in [6, 6.07) is 1.93. The Morgan fingerprint density at radius 1 is 1.14 bits per heavy atom. The first kappa shape index (κ1) is 14.2. The van der Waals surface area contributed by atoms with E-state index in [1.807, 2.05) is 4.90 Å². The molecule has 0 amide bonds. The number of alkyl halides is 1. The van der Waals surface area contributed by atoms with Gasteiger partial charge in [0.2, 0.25) is 5.95 Å². The van der Waals surface area contributed by atoms with E-state index in [0.717, 1.165) is 24.6 Å². The Kier molecular flexibility index (Phi) is 4.30. The summed E-state index contributed by atoms with van der Waals surface area (Å²) in [5, 5.41) is 9.43. The minimum atomic E-state index is -0.727. The quantitative estimate of drug-likeness (QED) is 0.852. The summed E-state index contributed by atoms with van der Waals surface area (Å²) >= 11 is 0. The number of halogens is 1. The lowest BCUT2D eigenvalue weighted by atomic mass is 10.0. The molecule has 5 nitrogen and oxygen atoms in total. The monoisotopic (exact) mass is 289 g/mol. The minimum Gasteiger partial charge on any atom is -0.341 e. The first-order valence-electron chi connectivity index (χ1n) is 7.62. The third-order valence-electron chi connectivity index (χ3n) is 4.31. The van der Waals surface area contributed by atoms with E-state index in [-0.39, 0.29) is 6.04 Å². The van der Waals surface area contributed by atoms with Gasteiger partial charge < -0.3 is 4.90 Å². The molecule has 3 rings (SSSR count). The predicted molar refractivity (Wildman–Crippen MR) is 77.5 cm³/mol. The Balaban J connectivity index is 1.70. The molecule has 2 aliphatic rings. The first-order valence-corrected chi connectivity index (χ1v) is 7.62. The lowest BCUT2D eigenvalue weighted by molar-refractivity contribution is 0.131. The normalized spacial score (nSPS) is 22.2. The summed E-state index contributed by atoms with van der Waals surface area (Å²) in [5.41, 5.74) is 0.803. The van der Waals surface area contributed by atoms with Gasteiger partial charge in [-0.25, -0.2) is 14.4 Å². The van der Waals surface area contributed by atoms with Crippen LogP contribution in [0.15, 0.2) is 12.4 Å². The van der Waals surface area contributed by atoms with Gasteiger partial charge in [-0.2, -0.15) is 5.26 Å². The average molecular weight is 289 g/mol. The van der Waals surface area contributed by atoms with Crippen molar-refractivity contribution in [3.63, 3.8) is 0 Å². The second-order valence-electron chi connectivity index (χ2n) is 5.75. The molecule has 1 unspecified atom stereocenters. The molecule has 0 saturated carbocycles. The largest absolute Gasteiger partial charge is 0.341 e. The summed E-state index contributed by atoms with van der Waals surface area (Å²) in [5.74, 6) is 0.746. The summed E-state index contributed by atoms with van der Waals surface area (Å²) in [4.78, 5) is 13.0. The van der Waals surface area contributed by atoms with Gasteiger partial charge in [0.25, 0.3) is 0 Å². The average Bonchev–Trinajstić information content (AvgIpc) is 3.05. The fourth-order valence-corrected chi connectivity index (χ4v) is 3.05. The van der Waals surface area contributed by atoms with E-state index in [1.54, 1.807) is 12.4 Å². The number of nitriles is 1. The van der Waals surface area contributed by atoms with Crippen molar-refractivity contribution in [2.45, 2.75) is 37.9 Å². The van der Waals surface area contributed by atoms with Crippen LogP contribution in [-0.2, 0) is 0 Å². The molecule has 0 N–H and O–H groups in total. The predicted octanol–water partition coefficient (Wildman–Crippen LogP) is 2.08. The molecule has 6 heteroatoms. The maximum Gasteiger partial charge on any atom is 0.225 e. The van der Waals surface area contributed by atoms with Crippen LogP contribution >= 0.6 is 0 Å². The number of hydrogen-bond donors (Lipinski definition) is 0. The Labute approximate surface area is 124 Å². The van der Waals surface area contributed by atoms with Crippen LogP contribution in [0.1, 0.15) is 37.3 Å². The number of piperidine rings is 1. The SMILES string of the molecule is N#CC(c1cnc(N2CCCC2)nc1)N1CCC(F)CC1. The van der Waals surface area contributed by atoms with E-state index in [4.69, 9.17) is 0 Å². The van der Waals surface area contributed by atoms with E-state index in [2.05, 4.69) is 20.9 Å². The lowest BCUT2D eigenvalue weighted by Gasteiger charge is -2.32. The van der Waals surface area contributed by atoms with Gasteiger partial charge in [0.1, 0.15) is 12.2 Å². The summed E-state index contributed by atoms with van der Waals surface area (Å²) in [6.07, 6.45) is 6.14. The van der Waals surface area contributed by atoms with Crippen molar-refractivity contribution in [1.82, 2.24) is 14.9 Å². The van der Waals surface area contributed by atoms with E-state index in [1.165, 1.54) is 12.8 Å². The van der Waals surface area contributed by atoms with Crippen molar-refractivity contribution in [1.29, 1.82) is 5.26 Å². The summed E-state index contributed by atoms with van der Waals surface area (Å²) in [6.45, 7) is 3.25. The highest BCUT2D eigenvalue weighted by Crippen LogP contribution is 2.25. The van der Waals surface area contributed by atoms with Crippen LogP contribution in [-0.4, -0.2) is 47.2 Å². The first-order chi connectivity index (χ1) is 10.3. The van der Waals surface area contributed by atoms with Crippen LogP contribution in [0.2, 0.25) is 0 Å². The zero-order valence-corrected chi connectivity index (χ0v) is 12.1. The van der Waals surface area contributed by atoms with Gasteiger partial charge in [0.15, 0.2) is 0 Å². The number of nitrogens with zero attached hydrogens (tertiary/aromatic N) is 5. The van der Waals surface area contributed by atoms with Crippen LogP contribution in [0, 0.1) is 11.3 Å². The molecule has 0 aliphatic carbocycles. The molecule has 0 aromatic carbocycles. The van der Waals surface area contributed by atoms with Crippen LogP contribution in [0.25, 0.3) is 0 Å². The molecule has 1 atom stereocenters. The molecule has 1 aromatic heterocycles. The number of hydrogen-bond acceptors (Lipinski definition) is 5. The second-order valence-corrected chi connectivity index (χ2v) is 5.75. The maximum atomic E-state index is 13.2. The summed E-state index contributed by atoms with van der Waals surface area (Å²) in [7, 11) is 0. The van der Waals surface area contributed by atoms with Gasteiger partial charge >= 0.3 is 0 Å². The minimum absolute atomic E-state index is 0.370. The molecule has 0 spiro atoms. The number of anilines is 1. The van der Waals surface area contributed by atoms with Gasteiger partial charge in [-0.15, -0.1) is 0 Å². The van der Waals surface area contributed by atoms with Crippen molar-refractivity contribution in [3.05, 3.63) is 18.0 Å². The third kappa shape index (κ3) is 3.13. The van der Waals surface area contributed by atoms with Crippen molar-refractivity contribution in [3.8, 4) is 6.07 Å². The molecule has 2 fully saturated rings. The Hall–Kier alpha value is -1.74. The van der Waals surface area contributed by atoms with Gasteiger partial charge in [0, 0.05) is 44.1 Å². The molecular formula is C15H20FN5. The molecule has 2 aliphatic heterocycles. The highest BCUT2D eigenvalue weighted by atomic mass is 19.1. The number of rotatable bonds is 3. The van der Waals surface area contributed by atoms with E-state index in [0.29, 0.717) is 25.9 Å². The zero-order valence-electron chi connectivity index (χ0n) is 12.1. The van der Waals surface area contributed by atoms with E-state index in [9.17, 15) is 9.65 Å². The molecule has 0 bridgehead atoms. The van der Waals surface area contributed by atoms with Crippen LogP contribution < -0.4 is 4.90 Å².